The summed E-state index contributed by atoms with van der Waals surface area (Å²) < 4.78 is 7.69. The molecule has 162 valence electrons. The molecule has 0 aliphatic rings. The first-order valence-electron chi connectivity index (χ1n) is 9.92. The molecule has 0 bridgehead atoms. The van der Waals surface area contributed by atoms with Gasteiger partial charge in [0.1, 0.15) is 5.75 Å². The van der Waals surface area contributed by atoms with Crippen LogP contribution in [0.5, 0.6) is 5.75 Å². The fourth-order valence-corrected chi connectivity index (χ4v) is 3.70. The SMILES string of the molecule is C=CCn1c(SCC(=O)Nc2cccc(Cl)c2)nnc1-c1ccc(OCC(C)C)cc1. The van der Waals surface area contributed by atoms with Crippen molar-refractivity contribution in [3.05, 3.63) is 66.2 Å². The number of allylic oxidation sites excluding steroid dienone is 1. The van der Waals surface area contributed by atoms with E-state index in [4.69, 9.17) is 16.3 Å². The molecule has 0 aliphatic carbocycles. The van der Waals surface area contributed by atoms with E-state index in [1.165, 1.54) is 11.8 Å². The van der Waals surface area contributed by atoms with Crippen molar-refractivity contribution in [1.29, 1.82) is 0 Å². The maximum absolute atomic E-state index is 12.3. The van der Waals surface area contributed by atoms with E-state index in [1.807, 2.05) is 28.8 Å². The van der Waals surface area contributed by atoms with Crippen molar-refractivity contribution < 1.29 is 9.53 Å². The highest BCUT2D eigenvalue weighted by Gasteiger charge is 2.15. The molecule has 2 aromatic carbocycles. The summed E-state index contributed by atoms with van der Waals surface area (Å²) in [5.41, 5.74) is 1.58. The van der Waals surface area contributed by atoms with Crippen LogP contribution in [0.15, 0.2) is 66.3 Å². The number of halogens is 1. The second-order valence-electron chi connectivity index (χ2n) is 7.28. The van der Waals surface area contributed by atoms with Crippen LogP contribution in [0, 0.1) is 5.92 Å². The fourth-order valence-electron chi connectivity index (χ4n) is 2.76. The molecule has 0 aliphatic heterocycles. The number of benzene rings is 2. The lowest BCUT2D eigenvalue weighted by Gasteiger charge is -2.10. The summed E-state index contributed by atoms with van der Waals surface area (Å²) in [4.78, 5) is 12.3. The number of carbonyl (C=O) groups is 1. The molecule has 0 unspecified atom stereocenters. The van der Waals surface area contributed by atoms with E-state index in [0.717, 1.165) is 11.3 Å². The molecule has 0 radical (unpaired) electrons. The zero-order valence-corrected chi connectivity index (χ0v) is 19.1. The molecule has 0 saturated carbocycles. The highest BCUT2D eigenvalue weighted by atomic mass is 35.5. The van der Waals surface area contributed by atoms with Crippen molar-refractivity contribution in [2.45, 2.75) is 25.5 Å². The van der Waals surface area contributed by atoms with Gasteiger partial charge in [-0.15, -0.1) is 16.8 Å². The van der Waals surface area contributed by atoms with Gasteiger partial charge in [0.05, 0.1) is 12.4 Å². The topological polar surface area (TPSA) is 69.0 Å². The third-order valence-corrected chi connectivity index (χ3v) is 5.37. The summed E-state index contributed by atoms with van der Waals surface area (Å²) in [6.45, 7) is 9.26. The molecular formula is C23H25ClN4O2S. The Balaban J connectivity index is 1.68. The number of nitrogens with one attached hydrogen (secondary N) is 1. The molecule has 6 nitrogen and oxygen atoms in total. The molecule has 3 rings (SSSR count). The van der Waals surface area contributed by atoms with Gasteiger partial charge < -0.3 is 10.1 Å². The van der Waals surface area contributed by atoms with Gasteiger partial charge in [0.25, 0.3) is 0 Å². The zero-order chi connectivity index (χ0) is 22.2. The first-order valence-corrected chi connectivity index (χ1v) is 11.3. The van der Waals surface area contributed by atoms with Crippen molar-refractivity contribution in [3.63, 3.8) is 0 Å². The van der Waals surface area contributed by atoms with Crippen LogP contribution >= 0.6 is 23.4 Å². The van der Waals surface area contributed by atoms with Crippen LogP contribution < -0.4 is 10.1 Å². The number of nitrogens with zero attached hydrogens (tertiary/aromatic N) is 3. The predicted octanol–water partition coefficient (Wildman–Crippen LogP) is 5.55. The molecule has 31 heavy (non-hydrogen) atoms. The van der Waals surface area contributed by atoms with Gasteiger partial charge in [0.2, 0.25) is 5.91 Å². The molecule has 0 atom stereocenters. The molecule has 1 N–H and O–H groups in total. The van der Waals surface area contributed by atoms with E-state index in [2.05, 4.69) is 35.9 Å². The number of aromatic nitrogens is 3. The standard InChI is InChI=1S/C23H25ClN4O2S/c1-4-12-28-22(17-8-10-20(11-9-17)30-14-16(2)3)26-27-23(28)31-15-21(29)25-19-7-5-6-18(24)13-19/h4-11,13,16H,1,12,14-15H2,2-3H3,(H,25,29). The van der Waals surface area contributed by atoms with Crippen molar-refractivity contribution in [3.8, 4) is 17.1 Å². The molecule has 0 fully saturated rings. The quantitative estimate of drug-likeness (QED) is 0.320. The summed E-state index contributed by atoms with van der Waals surface area (Å²) in [6.07, 6.45) is 1.78. The Bertz CT molecular complexity index is 1030. The van der Waals surface area contributed by atoms with Gasteiger partial charge in [-0.25, -0.2) is 0 Å². The highest BCUT2D eigenvalue weighted by Crippen LogP contribution is 2.26. The number of hydrogen-bond donors (Lipinski definition) is 1. The molecule has 0 spiro atoms. The second-order valence-corrected chi connectivity index (χ2v) is 8.66. The van der Waals surface area contributed by atoms with Crippen LogP contribution in [0.3, 0.4) is 0 Å². The Morgan fingerprint density at radius 1 is 1.26 bits per heavy atom. The fraction of sp³-hybridized carbons (Fsp3) is 0.261. The number of anilines is 1. The molecule has 8 heteroatoms. The predicted molar refractivity (Wildman–Crippen MR) is 127 cm³/mol. The average Bonchev–Trinajstić information content (AvgIpc) is 3.14. The van der Waals surface area contributed by atoms with Gasteiger partial charge in [-0.1, -0.05) is 49.4 Å². The van der Waals surface area contributed by atoms with E-state index >= 15 is 0 Å². The molecule has 1 heterocycles. The van der Waals surface area contributed by atoms with Gasteiger partial charge in [-0.05, 0) is 48.4 Å². The summed E-state index contributed by atoms with van der Waals surface area (Å²) >= 11 is 7.28. The van der Waals surface area contributed by atoms with Gasteiger partial charge in [0, 0.05) is 22.8 Å². The monoisotopic (exact) mass is 456 g/mol. The number of rotatable bonds is 10. The van der Waals surface area contributed by atoms with E-state index in [-0.39, 0.29) is 11.7 Å². The zero-order valence-electron chi connectivity index (χ0n) is 17.5. The molecule has 3 aromatic rings. The summed E-state index contributed by atoms with van der Waals surface area (Å²) in [7, 11) is 0. The van der Waals surface area contributed by atoms with E-state index in [1.54, 1.807) is 30.3 Å². The maximum Gasteiger partial charge on any atom is 0.234 e. The van der Waals surface area contributed by atoms with E-state index < -0.39 is 0 Å². The lowest BCUT2D eigenvalue weighted by atomic mass is 10.2. The first-order chi connectivity index (χ1) is 15.0. The van der Waals surface area contributed by atoms with E-state index in [9.17, 15) is 4.79 Å². The van der Waals surface area contributed by atoms with Crippen molar-refractivity contribution in [2.75, 3.05) is 17.7 Å². The van der Waals surface area contributed by atoms with Gasteiger partial charge in [0.15, 0.2) is 11.0 Å². The third kappa shape index (κ3) is 6.60. The summed E-state index contributed by atoms with van der Waals surface area (Å²) in [6, 6.07) is 14.8. The minimum absolute atomic E-state index is 0.145. The summed E-state index contributed by atoms with van der Waals surface area (Å²) in [5.74, 6) is 2.05. The molecule has 1 aromatic heterocycles. The Morgan fingerprint density at radius 2 is 2.03 bits per heavy atom. The largest absolute Gasteiger partial charge is 0.493 e. The third-order valence-electron chi connectivity index (χ3n) is 4.17. The smallest absolute Gasteiger partial charge is 0.234 e. The van der Waals surface area contributed by atoms with Crippen LogP contribution in [-0.2, 0) is 11.3 Å². The lowest BCUT2D eigenvalue weighted by molar-refractivity contribution is -0.113. The minimum atomic E-state index is -0.145. The molecule has 0 saturated heterocycles. The van der Waals surface area contributed by atoms with Crippen molar-refractivity contribution in [1.82, 2.24) is 14.8 Å². The van der Waals surface area contributed by atoms with E-state index in [0.29, 0.717) is 40.8 Å². The number of thioether (sulfide) groups is 1. The van der Waals surface area contributed by atoms with Crippen LogP contribution in [0.2, 0.25) is 5.02 Å². The Kier molecular flexibility index (Phi) is 8.14. The molecular weight excluding hydrogens is 432 g/mol. The van der Waals surface area contributed by atoms with Crippen LogP contribution in [0.25, 0.3) is 11.4 Å². The normalized spacial score (nSPS) is 10.8. The maximum atomic E-state index is 12.3. The summed E-state index contributed by atoms with van der Waals surface area (Å²) in [5, 5.41) is 12.7. The Morgan fingerprint density at radius 3 is 2.71 bits per heavy atom. The number of ether oxygens (including phenoxy) is 1. The first kappa shape index (κ1) is 22.9. The van der Waals surface area contributed by atoms with Gasteiger partial charge in [-0.3, -0.25) is 9.36 Å². The highest BCUT2D eigenvalue weighted by molar-refractivity contribution is 7.99. The van der Waals surface area contributed by atoms with Crippen LogP contribution in [0.4, 0.5) is 5.69 Å². The van der Waals surface area contributed by atoms with Crippen molar-refractivity contribution in [2.24, 2.45) is 5.92 Å². The minimum Gasteiger partial charge on any atom is -0.493 e. The number of carbonyl (C=O) groups excluding carboxylic acids is 1. The Labute approximate surface area is 191 Å². The lowest BCUT2D eigenvalue weighted by Crippen LogP contribution is -2.14. The second kappa shape index (κ2) is 11.0. The van der Waals surface area contributed by atoms with Crippen LogP contribution in [0.1, 0.15) is 13.8 Å². The van der Waals surface area contributed by atoms with Crippen molar-refractivity contribution >= 4 is 35.0 Å². The van der Waals surface area contributed by atoms with Gasteiger partial charge >= 0.3 is 0 Å². The number of amides is 1. The Hall–Kier alpha value is -2.77. The molecule has 1 amide bonds. The van der Waals surface area contributed by atoms with Gasteiger partial charge in [-0.2, -0.15) is 0 Å². The van der Waals surface area contributed by atoms with Crippen LogP contribution in [-0.4, -0.2) is 33.0 Å². The average molecular weight is 457 g/mol. The number of hydrogen-bond acceptors (Lipinski definition) is 5.